The van der Waals surface area contributed by atoms with Crippen LogP contribution in [0.3, 0.4) is 0 Å². The number of aromatic hydroxyl groups is 1. The van der Waals surface area contributed by atoms with Gasteiger partial charge in [-0.2, -0.15) is 0 Å². The van der Waals surface area contributed by atoms with Gasteiger partial charge >= 0.3 is 12.0 Å². The van der Waals surface area contributed by atoms with E-state index in [2.05, 4.69) is 10.6 Å². The van der Waals surface area contributed by atoms with E-state index in [1.165, 1.54) is 32.2 Å². The van der Waals surface area contributed by atoms with Gasteiger partial charge in [0.1, 0.15) is 17.9 Å². The van der Waals surface area contributed by atoms with E-state index in [1.54, 1.807) is 24.3 Å². The molecule has 1 saturated heterocycles. The molecule has 0 spiro atoms. The molecule has 2 atom stereocenters. The van der Waals surface area contributed by atoms with E-state index in [0.717, 1.165) is 4.90 Å². The smallest absolute Gasteiger partial charge is 0.325 e. The van der Waals surface area contributed by atoms with Crippen molar-refractivity contribution in [2.24, 2.45) is 5.73 Å². The number of nitrogens with two attached hydrogens (primary N) is 1. The van der Waals surface area contributed by atoms with Crippen molar-refractivity contribution in [2.75, 3.05) is 13.7 Å². The van der Waals surface area contributed by atoms with Crippen LogP contribution in [-0.2, 0) is 19.9 Å². The number of carbonyl (C=O) groups excluding carboxylic acids is 3. The van der Waals surface area contributed by atoms with Crippen LogP contribution in [0.1, 0.15) is 36.1 Å². The van der Waals surface area contributed by atoms with Crippen LogP contribution in [0, 0.1) is 5.41 Å². The first-order valence-corrected chi connectivity index (χ1v) is 10.4. The molecule has 4 amide bonds. The fraction of sp³-hybridized carbons (Fsp3) is 0.261. The normalized spacial score (nSPS) is 18.1. The van der Waals surface area contributed by atoms with Crippen molar-refractivity contribution in [1.82, 2.24) is 15.5 Å². The Morgan fingerprint density at radius 3 is 2.43 bits per heavy atom. The predicted molar refractivity (Wildman–Crippen MR) is 123 cm³/mol. The van der Waals surface area contributed by atoms with Gasteiger partial charge in [-0.3, -0.25) is 24.7 Å². The summed E-state index contributed by atoms with van der Waals surface area (Å²) in [5, 5.41) is 31.8. The number of aliphatic carboxylic acids is 1. The summed E-state index contributed by atoms with van der Waals surface area (Å²) in [6, 6.07) is 8.53. The molecule has 2 unspecified atom stereocenters. The molecule has 1 heterocycles. The second kappa shape index (κ2) is 9.71. The fourth-order valence-electron chi connectivity index (χ4n) is 3.75. The maximum absolute atomic E-state index is 13.1. The number of methoxy groups -OCH3 is 1. The minimum absolute atomic E-state index is 0.150. The summed E-state index contributed by atoms with van der Waals surface area (Å²) in [6.45, 7) is 0.839. The molecule has 184 valence electrons. The van der Waals surface area contributed by atoms with Crippen molar-refractivity contribution >= 4 is 29.7 Å². The van der Waals surface area contributed by atoms with Gasteiger partial charge < -0.3 is 31.3 Å². The van der Waals surface area contributed by atoms with Crippen LogP contribution >= 0.6 is 0 Å². The van der Waals surface area contributed by atoms with E-state index >= 15 is 0 Å². The van der Waals surface area contributed by atoms with Gasteiger partial charge in [0.2, 0.25) is 5.91 Å². The number of urea groups is 1. The van der Waals surface area contributed by atoms with Crippen molar-refractivity contribution in [1.29, 1.82) is 5.41 Å². The van der Waals surface area contributed by atoms with E-state index in [4.69, 9.17) is 15.9 Å². The molecule has 35 heavy (non-hydrogen) atoms. The van der Waals surface area contributed by atoms with Gasteiger partial charge in [0.25, 0.3) is 5.91 Å². The number of nitrogens with zero attached hydrogens (tertiary/aromatic N) is 1. The number of benzene rings is 2. The number of amidine groups is 1. The first-order chi connectivity index (χ1) is 16.5. The zero-order valence-corrected chi connectivity index (χ0v) is 19.0. The van der Waals surface area contributed by atoms with Gasteiger partial charge in [0.15, 0.2) is 11.5 Å². The molecule has 0 aliphatic carbocycles. The first-order valence-electron chi connectivity index (χ1n) is 10.4. The monoisotopic (exact) mass is 483 g/mol. The molecular formula is C23H25N5O7. The minimum Gasteiger partial charge on any atom is -0.504 e. The Morgan fingerprint density at radius 2 is 1.89 bits per heavy atom. The lowest BCUT2D eigenvalue weighted by molar-refractivity contribution is -0.138. The molecule has 3 rings (SSSR count). The molecule has 1 fully saturated rings. The number of nitrogens with one attached hydrogen (secondary N) is 3. The lowest BCUT2D eigenvalue weighted by atomic mass is 9.91. The van der Waals surface area contributed by atoms with Gasteiger partial charge in [0.05, 0.1) is 19.6 Å². The molecule has 1 aliphatic rings. The van der Waals surface area contributed by atoms with Crippen LogP contribution in [-0.4, -0.2) is 58.4 Å². The van der Waals surface area contributed by atoms with E-state index in [9.17, 15) is 29.4 Å². The third-order valence-corrected chi connectivity index (χ3v) is 5.67. The molecule has 0 saturated carbocycles. The lowest BCUT2D eigenvalue weighted by Crippen LogP contribution is -2.44. The van der Waals surface area contributed by atoms with E-state index in [1.807, 2.05) is 0 Å². The van der Waals surface area contributed by atoms with E-state index in [0.29, 0.717) is 16.7 Å². The minimum atomic E-state index is -1.45. The van der Waals surface area contributed by atoms with Crippen molar-refractivity contribution < 1.29 is 34.1 Å². The van der Waals surface area contributed by atoms with E-state index < -0.39 is 48.4 Å². The summed E-state index contributed by atoms with van der Waals surface area (Å²) in [7, 11) is 1.36. The lowest BCUT2D eigenvalue weighted by Gasteiger charge is -2.23. The summed E-state index contributed by atoms with van der Waals surface area (Å²) in [6.07, 6.45) is -0.502. The van der Waals surface area contributed by atoms with Gasteiger partial charge in [-0.25, -0.2) is 4.79 Å². The SMILES string of the molecule is COc1ccc(C(CC(=O)O)NC(=O)CN2C(=O)NC(C)(c3ccc(C(=N)N)cc3)C2=O)cc1O. The van der Waals surface area contributed by atoms with Crippen molar-refractivity contribution in [3.63, 3.8) is 0 Å². The fourth-order valence-corrected chi connectivity index (χ4v) is 3.75. The molecule has 0 aromatic heterocycles. The Balaban J connectivity index is 1.77. The zero-order chi connectivity index (χ0) is 25.9. The summed E-state index contributed by atoms with van der Waals surface area (Å²) >= 11 is 0. The van der Waals surface area contributed by atoms with E-state index in [-0.39, 0.29) is 17.3 Å². The maximum atomic E-state index is 13.1. The second-order valence-corrected chi connectivity index (χ2v) is 8.09. The number of hydrogen-bond acceptors (Lipinski definition) is 7. The first kappa shape index (κ1) is 25.0. The highest BCUT2D eigenvalue weighted by molar-refractivity contribution is 6.09. The molecule has 0 radical (unpaired) electrons. The van der Waals surface area contributed by atoms with Gasteiger partial charge in [0, 0.05) is 5.56 Å². The summed E-state index contributed by atoms with van der Waals surface area (Å²) in [5.74, 6) is -2.87. The predicted octanol–water partition coefficient (Wildman–Crippen LogP) is 0.784. The van der Waals surface area contributed by atoms with Crippen LogP contribution in [0.4, 0.5) is 4.79 Å². The number of imide groups is 1. The highest BCUT2D eigenvalue weighted by Gasteiger charge is 2.49. The molecule has 2 aromatic rings. The van der Waals surface area contributed by atoms with Gasteiger partial charge in [-0.15, -0.1) is 0 Å². The maximum Gasteiger partial charge on any atom is 0.325 e. The number of carbonyl (C=O) groups is 4. The highest BCUT2D eigenvalue weighted by Crippen LogP contribution is 2.31. The van der Waals surface area contributed by atoms with Crippen molar-refractivity contribution in [3.8, 4) is 11.5 Å². The quantitative estimate of drug-likeness (QED) is 0.171. The molecule has 12 nitrogen and oxygen atoms in total. The number of hydrogen-bond donors (Lipinski definition) is 6. The van der Waals surface area contributed by atoms with Crippen molar-refractivity contribution in [2.45, 2.75) is 24.9 Å². The number of carboxylic acids is 1. The molecular weight excluding hydrogens is 458 g/mol. The topological polar surface area (TPSA) is 195 Å². The number of amides is 4. The number of phenolic OH excluding ortho intramolecular Hbond substituents is 1. The Labute approximate surface area is 200 Å². The Bertz CT molecular complexity index is 1200. The largest absolute Gasteiger partial charge is 0.504 e. The third kappa shape index (κ3) is 5.16. The van der Waals surface area contributed by atoms with Gasteiger partial charge in [-0.05, 0) is 30.2 Å². The average molecular weight is 483 g/mol. The molecule has 2 aromatic carbocycles. The van der Waals surface area contributed by atoms with Crippen LogP contribution in [0.25, 0.3) is 0 Å². The summed E-state index contributed by atoms with van der Waals surface area (Å²) in [4.78, 5) is 50.5. The summed E-state index contributed by atoms with van der Waals surface area (Å²) < 4.78 is 4.97. The summed E-state index contributed by atoms with van der Waals surface area (Å²) in [5.41, 5.74) is 5.17. The number of carboxylic acid groups (broad SMARTS) is 1. The van der Waals surface area contributed by atoms with Gasteiger partial charge in [-0.1, -0.05) is 30.3 Å². The molecule has 1 aliphatic heterocycles. The highest BCUT2D eigenvalue weighted by atomic mass is 16.5. The Morgan fingerprint density at radius 1 is 1.23 bits per heavy atom. The second-order valence-electron chi connectivity index (χ2n) is 8.09. The average Bonchev–Trinajstić information content (AvgIpc) is 3.02. The number of ether oxygens (including phenoxy) is 1. The van der Waals surface area contributed by atoms with Crippen LogP contribution in [0.2, 0.25) is 0 Å². The third-order valence-electron chi connectivity index (χ3n) is 5.67. The van der Waals surface area contributed by atoms with Crippen molar-refractivity contribution in [3.05, 3.63) is 59.2 Å². The van der Waals surface area contributed by atoms with Crippen LogP contribution < -0.4 is 21.1 Å². The zero-order valence-electron chi connectivity index (χ0n) is 19.0. The Kier molecular flexibility index (Phi) is 6.94. The standard InChI is InChI=1S/C23H25N5O7/c1-23(14-6-3-12(4-7-14)20(24)25)21(33)28(22(34)27-23)11-18(30)26-15(10-19(31)32)13-5-8-17(35-2)16(29)9-13/h3-9,15,29H,10-11H2,1-2H3,(H3,24,25)(H,26,30)(H,27,34)(H,31,32). The number of phenols is 1. The Hall–Kier alpha value is -4.61. The molecule has 0 bridgehead atoms. The molecule has 12 heteroatoms. The number of rotatable bonds is 9. The van der Waals surface area contributed by atoms with Crippen LogP contribution in [0.5, 0.6) is 11.5 Å². The number of nitrogen functional groups attached to an aromatic ring is 1. The van der Waals surface area contributed by atoms with Crippen LogP contribution in [0.15, 0.2) is 42.5 Å². The molecule has 7 N–H and O–H groups in total.